The van der Waals surface area contributed by atoms with E-state index in [4.69, 9.17) is 16.3 Å². The largest absolute Gasteiger partial charge is 0.497 e. The number of methoxy groups -OCH3 is 1. The zero-order chi connectivity index (χ0) is 28.6. The van der Waals surface area contributed by atoms with Crippen LogP contribution < -0.4 is 14.4 Å². The monoisotopic (exact) mass is 571 g/mol. The standard InChI is InChI=1S/C29H34ClN3O5S/c1-5-21(2)31-29(35)22(3)32(19-23-10-9-11-24(30)18-23)28(34)20-33(25-12-7-6-8-13-25)39(36,37)27-16-14-26(38-4)15-17-27/h6-18,21-22H,5,19-20H2,1-4H3,(H,31,35)/t21-,22+/m0/s1. The second-order valence-corrected chi connectivity index (χ2v) is 11.5. The van der Waals surface area contributed by atoms with Crippen LogP contribution in [0.5, 0.6) is 5.75 Å². The number of carbonyl (C=O) groups is 2. The van der Waals surface area contributed by atoms with Gasteiger partial charge in [0.15, 0.2) is 0 Å². The highest BCUT2D eigenvalue weighted by Crippen LogP contribution is 2.26. The number of amides is 2. The van der Waals surface area contributed by atoms with Crippen molar-refractivity contribution in [2.75, 3.05) is 18.0 Å². The summed E-state index contributed by atoms with van der Waals surface area (Å²) in [7, 11) is -2.66. The van der Waals surface area contributed by atoms with Gasteiger partial charge < -0.3 is 15.0 Å². The van der Waals surface area contributed by atoms with Gasteiger partial charge in [0.1, 0.15) is 18.3 Å². The lowest BCUT2D eigenvalue weighted by Gasteiger charge is -2.32. The Kier molecular flexibility index (Phi) is 10.4. The van der Waals surface area contributed by atoms with Crippen molar-refractivity contribution in [1.29, 1.82) is 0 Å². The summed E-state index contributed by atoms with van der Waals surface area (Å²) in [5, 5.41) is 3.40. The van der Waals surface area contributed by atoms with Crippen molar-refractivity contribution in [2.45, 2.75) is 50.7 Å². The van der Waals surface area contributed by atoms with E-state index in [1.807, 2.05) is 13.8 Å². The van der Waals surface area contributed by atoms with Gasteiger partial charge in [0.2, 0.25) is 11.8 Å². The molecule has 208 valence electrons. The Morgan fingerprint density at radius 2 is 1.64 bits per heavy atom. The minimum atomic E-state index is -4.15. The van der Waals surface area contributed by atoms with E-state index < -0.39 is 28.5 Å². The van der Waals surface area contributed by atoms with Crippen molar-refractivity contribution in [3.05, 3.63) is 89.4 Å². The number of para-hydroxylation sites is 1. The molecule has 2 amide bonds. The van der Waals surface area contributed by atoms with Crippen molar-refractivity contribution in [2.24, 2.45) is 0 Å². The van der Waals surface area contributed by atoms with E-state index in [2.05, 4.69) is 5.32 Å². The van der Waals surface area contributed by atoms with Crippen LogP contribution in [0.3, 0.4) is 0 Å². The molecule has 0 aliphatic heterocycles. The van der Waals surface area contributed by atoms with Crippen LogP contribution in [0, 0.1) is 0 Å². The molecular weight excluding hydrogens is 538 g/mol. The average Bonchev–Trinajstić information content (AvgIpc) is 2.94. The lowest BCUT2D eigenvalue weighted by atomic mass is 10.1. The zero-order valence-corrected chi connectivity index (χ0v) is 24.1. The first-order chi connectivity index (χ1) is 18.6. The number of nitrogens with zero attached hydrogens (tertiary/aromatic N) is 2. The van der Waals surface area contributed by atoms with Crippen LogP contribution in [0.2, 0.25) is 5.02 Å². The van der Waals surface area contributed by atoms with E-state index in [0.29, 0.717) is 22.0 Å². The van der Waals surface area contributed by atoms with Gasteiger partial charge in [0.25, 0.3) is 10.0 Å². The van der Waals surface area contributed by atoms with E-state index in [0.717, 1.165) is 10.7 Å². The third-order valence-corrected chi connectivity index (χ3v) is 8.40. The summed E-state index contributed by atoms with van der Waals surface area (Å²) >= 11 is 6.17. The molecule has 8 nitrogen and oxygen atoms in total. The Hall–Kier alpha value is -3.56. The summed E-state index contributed by atoms with van der Waals surface area (Å²) in [5.74, 6) is -0.364. The first kappa shape index (κ1) is 30.0. The zero-order valence-electron chi connectivity index (χ0n) is 22.5. The normalized spacial score (nSPS) is 12.7. The quantitative estimate of drug-likeness (QED) is 0.334. The molecule has 0 unspecified atom stereocenters. The second kappa shape index (κ2) is 13.5. The fourth-order valence-corrected chi connectivity index (χ4v) is 5.51. The summed E-state index contributed by atoms with van der Waals surface area (Å²) in [6.45, 7) is 5.02. The fourth-order valence-electron chi connectivity index (χ4n) is 3.88. The number of hydrogen-bond acceptors (Lipinski definition) is 5. The molecule has 2 atom stereocenters. The van der Waals surface area contributed by atoms with Crippen molar-refractivity contribution in [1.82, 2.24) is 10.2 Å². The molecule has 39 heavy (non-hydrogen) atoms. The van der Waals surface area contributed by atoms with Crippen molar-refractivity contribution in [3.63, 3.8) is 0 Å². The first-order valence-corrected chi connectivity index (χ1v) is 14.4. The lowest BCUT2D eigenvalue weighted by molar-refractivity contribution is -0.139. The van der Waals surface area contributed by atoms with Gasteiger partial charge in [0, 0.05) is 17.6 Å². The van der Waals surface area contributed by atoms with Crippen LogP contribution in [-0.2, 0) is 26.2 Å². The molecule has 0 spiro atoms. The number of benzene rings is 3. The molecule has 0 aliphatic rings. The smallest absolute Gasteiger partial charge is 0.264 e. The second-order valence-electron chi connectivity index (χ2n) is 9.17. The fraction of sp³-hybridized carbons (Fsp3) is 0.310. The van der Waals surface area contributed by atoms with Gasteiger partial charge in [-0.05, 0) is 74.4 Å². The maximum absolute atomic E-state index is 13.9. The molecule has 0 aromatic heterocycles. The van der Waals surface area contributed by atoms with E-state index in [1.54, 1.807) is 73.7 Å². The molecular formula is C29H34ClN3O5S. The summed E-state index contributed by atoms with van der Waals surface area (Å²) in [6, 6.07) is 20.4. The number of nitrogens with one attached hydrogen (secondary N) is 1. The summed E-state index contributed by atoms with van der Waals surface area (Å²) in [6.07, 6.45) is 0.725. The molecule has 0 radical (unpaired) electrons. The minimum Gasteiger partial charge on any atom is -0.497 e. The summed E-state index contributed by atoms with van der Waals surface area (Å²) in [5.41, 5.74) is 1.03. The Morgan fingerprint density at radius 3 is 2.23 bits per heavy atom. The van der Waals surface area contributed by atoms with Crippen LogP contribution in [0.4, 0.5) is 5.69 Å². The number of halogens is 1. The van der Waals surface area contributed by atoms with Gasteiger partial charge >= 0.3 is 0 Å². The van der Waals surface area contributed by atoms with Gasteiger partial charge in [-0.2, -0.15) is 0 Å². The molecule has 3 rings (SSSR count). The predicted octanol–water partition coefficient (Wildman–Crippen LogP) is 4.88. The molecule has 0 saturated carbocycles. The third kappa shape index (κ3) is 7.74. The molecule has 3 aromatic rings. The number of carbonyl (C=O) groups excluding carboxylic acids is 2. The number of anilines is 1. The predicted molar refractivity (Wildman–Crippen MR) is 153 cm³/mol. The third-order valence-electron chi connectivity index (χ3n) is 6.38. The first-order valence-electron chi connectivity index (χ1n) is 12.6. The Bertz CT molecular complexity index is 1370. The van der Waals surface area contributed by atoms with Crippen LogP contribution >= 0.6 is 11.6 Å². The van der Waals surface area contributed by atoms with E-state index in [-0.39, 0.29) is 23.4 Å². The van der Waals surface area contributed by atoms with Crippen LogP contribution in [-0.4, -0.2) is 50.9 Å². The number of sulfonamides is 1. The van der Waals surface area contributed by atoms with Gasteiger partial charge in [-0.25, -0.2) is 8.42 Å². The van der Waals surface area contributed by atoms with Gasteiger partial charge in [0.05, 0.1) is 17.7 Å². The van der Waals surface area contributed by atoms with E-state index >= 15 is 0 Å². The molecule has 0 saturated heterocycles. The Labute approximate surface area is 235 Å². The molecule has 10 heteroatoms. The highest BCUT2D eigenvalue weighted by Gasteiger charge is 2.32. The molecule has 0 fully saturated rings. The summed E-state index contributed by atoms with van der Waals surface area (Å²) < 4.78 is 33.8. The maximum atomic E-state index is 13.9. The Balaban J connectivity index is 2.00. The highest BCUT2D eigenvalue weighted by atomic mass is 35.5. The molecule has 1 N–H and O–H groups in total. The van der Waals surface area contributed by atoms with Crippen LogP contribution in [0.15, 0.2) is 83.8 Å². The topological polar surface area (TPSA) is 96.0 Å². The minimum absolute atomic E-state index is 0.00362. The van der Waals surface area contributed by atoms with Gasteiger partial charge in [-0.1, -0.05) is 48.9 Å². The van der Waals surface area contributed by atoms with Crippen molar-refractivity contribution >= 4 is 39.1 Å². The number of hydrogen-bond donors (Lipinski definition) is 1. The van der Waals surface area contributed by atoms with Crippen LogP contribution in [0.25, 0.3) is 0 Å². The van der Waals surface area contributed by atoms with E-state index in [1.165, 1.54) is 24.1 Å². The summed E-state index contributed by atoms with van der Waals surface area (Å²) in [4.78, 5) is 28.3. The van der Waals surface area contributed by atoms with Crippen molar-refractivity contribution in [3.8, 4) is 5.75 Å². The molecule has 0 heterocycles. The van der Waals surface area contributed by atoms with Gasteiger partial charge in [-0.3, -0.25) is 13.9 Å². The molecule has 0 aliphatic carbocycles. The lowest BCUT2D eigenvalue weighted by Crippen LogP contribution is -2.52. The molecule has 0 bridgehead atoms. The maximum Gasteiger partial charge on any atom is 0.264 e. The molecule has 3 aromatic carbocycles. The highest BCUT2D eigenvalue weighted by molar-refractivity contribution is 7.92. The number of ether oxygens (including phenoxy) is 1. The average molecular weight is 572 g/mol. The van der Waals surface area contributed by atoms with Crippen LogP contribution in [0.1, 0.15) is 32.8 Å². The van der Waals surface area contributed by atoms with Crippen molar-refractivity contribution < 1.29 is 22.7 Å². The Morgan fingerprint density at radius 1 is 0.974 bits per heavy atom. The van der Waals surface area contributed by atoms with E-state index in [9.17, 15) is 18.0 Å². The SMILES string of the molecule is CC[C@H](C)NC(=O)[C@@H](C)N(Cc1cccc(Cl)c1)C(=O)CN(c1ccccc1)S(=O)(=O)c1ccc(OC)cc1. The van der Waals surface area contributed by atoms with Gasteiger partial charge in [-0.15, -0.1) is 0 Å². The number of rotatable bonds is 12.